The van der Waals surface area contributed by atoms with Gasteiger partial charge in [0.05, 0.1) is 18.4 Å². The Kier molecular flexibility index (Phi) is 4.57. The molecule has 2 atom stereocenters. The zero-order valence-electron chi connectivity index (χ0n) is 9.45. The molecule has 17 heavy (non-hydrogen) atoms. The van der Waals surface area contributed by atoms with Crippen molar-refractivity contribution in [3.8, 4) is 6.07 Å². The van der Waals surface area contributed by atoms with Crippen LogP contribution in [0.5, 0.6) is 0 Å². The average molecular weight is 236 g/mol. The number of aliphatic hydroxyl groups is 1. The highest BCUT2D eigenvalue weighted by molar-refractivity contribution is 5.78. The van der Waals surface area contributed by atoms with Crippen molar-refractivity contribution >= 4 is 5.97 Å². The zero-order chi connectivity index (χ0) is 12.8. The van der Waals surface area contributed by atoms with Gasteiger partial charge in [-0.25, -0.2) is 0 Å². The van der Waals surface area contributed by atoms with E-state index in [-0.39, 0.29) is 5.69 Å². The van der Waals surface area contributed by atoms with Crippen molar-refractivity contribution in [3.63, 3.8) is 0 Å². The molecule has 0 aromatic carbocycles. The molecule has 1 aromatic rings. The smallest absolute Gasteiger partial charge is 0.319 e. The quantitative estimate of drug-likeness (QED) is 0.592. The van der Waals surface area contributed by atoms with Crippen molar-refractivity contribution in [1.82, 2.24) is 4.98 Å². The predicted molar refractivity (Wildman–Crippen MR) is 56.7 cm³/mol. The number of ether oxygens (including phenoxy) is 2. The third-order valence-corrected chi connectivity index (χ3v) is 2.22. The fourth-order valence-electron chi connectivity index (χ4n) is 1.30. The van der Waals surface area contributed by atoms with E-state index in [4.69, 9.17) is 10.00 Å². The first-order chi connectivity index (χ1) is 8.13. The SMILES string of the molecule is COC(=O)C(c1ccc(C#N)cn1)C(O)OC. The first-order valence-electron chi connectivity index (χ1n) is 4.78. The van der Waals surface area contributed by atoms with Gasteiger partial charge in [0.2, 0.25) is 0 Å². The number of nitriles is 1. The van der Waals surface area contributed by atoms with Crippen molar-refractivity contribution < 1.29 is 19.4 Å². The molecule has 0 fully saturated rings. The molecule has 1 heterocycles. The minimum atomic E-state index is -1.34. The van der Waals surface area contributed by atoms with Crippen LogP contribution in [0.25, 0.3) is 0 Å². The molecule has 1 N–H and O–H groups in total. The van der Waals surface area contributed by atoms with Gasteiger partial charge in [-0.15, -0.1) is 0 Å². The second-order valence-electron chi connectivity index (χ2n) is 3.21. The minimum Gasteiger partial charge on any atom is -0.468 e. The molecule has 6 nitrogen and oxygen atoms in total. The average Bonchev–Trinajstić information content (AvgIpc) is 2.39. The van der Waals surface area contributed by atoms with Crippen LogP contribution in [0.15, 0.2) is 18.3 Å². The summed E-state index contributed by atoms with van der Waals surface area (Å²) in [5, 5.41) is 18.2. The first-order valence-corrected chi connectivity index (χ1v) is 4.78. The molecule has 2 unspecified atom stereocenters. The lowest BCUT2D eigenvalue weighted by atomic mass is 10.0. The van der Waals surface area contributed by atoms with Crippen molar-refractivity contribution in [2.24, 2.45) is 0 Å². The molecule has 0 saturated carbocycles. The second kappa shape index (κ2) is 5.94. The topological polar surface area (TPSA) is 92.4 Å². The third-order valence-electron chi connectivity index (χ3n) is 2.22. The van der Waals surface area contributed by atoms with Crippen LogP contribution in [0.1, 0.15) is 17.2 Å². The van der Waals surface area contributed by atoms with Crippen molar-refractivity contribution in [1.29, 1.82) is 5.26 Å². The normalized spacial score (nSPS) is 13.5. The standard InChI is InChI=1S/C11H12N2O4/c1-16-10(14)9(11(15)17-2)8-4-3-7(5-12)6-13-8/h3-4,6,9-10,14H,1-2H3. The number of esters is 1. The number of rotatable bonds is 4. The van der Waals surface area contributed by atoms with Gasteiger partial charge in [-0.05, 0) is 12.1 Å². The molecule has 1 aromatic heterocycles. The summed E-state index contributed by atoms with van der Waals surface area (Å²) < 4.78 is 9.26. The zero-order valence-corrected chi connectivity index (χ0v) is 9.45. The molecule has 0 spiro atoms. The van der Waals surface area contributed by atoms with E-state index in [1.165, 1.54) is 32.5 Å². The number of aromatic nitrogens is 1. The number of hydrogen-bond acceptors (Lipinski definition) is 6. The van der Waals surface area contributed by atoms with Crippen LogP contribution >= 0.6 is 0 Å². The van der Waals surface area contributed by atoms with Crippen LogP contribution < -0.4 is 0 Å². The highest BCUT2D eigenvalue weighted by Gasteiger charge is 2.30. The number of aliphatic hydroxyl groups excluding tert-OH is 1. The van der Waals surface area contributed by atoms with Gasteiger partial charge in [-0.3, -0.25) is 9.78 Å². The Morgan fingerprint density at radius 3 is 2.65 bits per heavy atom. The van der Waals surface area contributed by atoms with Gasteiger partial charge in [0.25, 0.3) is 0 Å². The first kappa shape index (κ1) is 13.1. The maximum Gasteiger partial charge on any atom is 0.319 e. The number of methoxy groups -OCH3 is 2. The van der Waals surface area contributed by atoms with Gasteiger partial charge in [-0.2, -0.15) is 5.26 Å². The summed E-state index contributed by atoms with van der Waals surface area (Å²) in [6.45, 7) is 0. The lowest BCUT2D eigenvalue weighted by Crippen LogP contribution is -2.29. The summed E-state index contributed by atoms with van der Waals surface area (Å²) in [4.78, 5) is 15.4. The number of nitrogens with zero attached hydrogens (tertiary/aromatic N) is 2. The van der Waals surface area contributed by atoms with Gasteiger partial charge in [0.1, 0.15) is 12.0 Å². The summed E-state index contributed by atoms with van der Waals surface area (Å²) >= 11 is 0. The van der Waals surface area contributed by atoms with Gasteiger partial charge < -0.3 is 14.6 Å². The second-order valence-corrected chi connectivity index (χ2v) is 3.21. The third kappa shape index (κ3) is 3.00. The maximum absolute atomic E-state index is 11.5. The van der Waals surface area contributed by atoms with Gasteiger partial charge in [0, 0.05) is 13.3 Å². The summed E-state index contributed by atoms with van der Waals surface area (Å²) in [7, 11) is 2.48. The highest BCUT2D eigenvalue weighted by Crippen LogP contribution is 2.20. The summed E-state index contributed by atoms with van der Waals surface area (Å²) in [5.41, 5.74) is 0.648. The van der Waals surface area contributed by atoms with Crippen LogP contribution in [0.2, 0.25) is 0 Å². The van der Waals surface area contributed by atoms with Crippen LogP contribution in [-0.2, 0) is 14.3 Å². The van der Waals surface area contributed by atoms with E-state index in [0.29, 0.717) is 5.56 Å². The lowest BCUT2D eigenvalue weighted by Gasteiger charge is -2.18. The molecule has 0 radical (unpaired) electrons. The monoisotopic (exact) mass is 236 g/mol. The Morgan fingerprint density at radius 2 is 2.24 bits per heavy atom. The van der Waals surface area contributed by atoms with E-state index >= 15 is 0 Å². The Labute approximate surface area is 98.4 Å². The highest BCUT2D eigenvalue weighted by atomic mass is 16.6. The maximum atomic E-state index is 11.5. The number of carbonyl (C=O) groups excluding carboxylic acids is 1. The van der Waals surface area contributed by atoms with Gasteiger partial charge >= 0.3 is 5.97 Å². The van der Waals surface area contributed by atoms with Gasteiger partial charge in [0.15, 0.2) is 6.29 Å². The molecule has 90 valence electrons. The Bertz CT molecular complexity index is 424. The molecule has 0 aliphatic carbocycles. The van der Waals surface area contributed by atoms with Crippen LogP contribution in [-0.4, -0.2) is 36.6 Å². The fraction of sp³-hybridized carbons (Fsp3) is 0.364. The molecular weight excluding hydrogens is 224 g/mol. The Morgan fingerprint density at radius 1 is 1.53 bits per heavy atom. The minimum absolute atomic E-state index is 0.283. The van der Waals surface area contributed by atoms with E-state index in [2.05, 4.69) is 9.72 Å². The molecule has 0 aliphatic rings. The van der Waals surface area contributed by atoms with Crippen molar-refractivity contribution in [2.75, 3.05) is 14.2 Å². The van der Waals surface area contributed by atoms with E-state index in [1.807, 2.05) is 6.07 Å². The van der Waals surface area contributed by atoms with Crippen LogP contribution in [0, 0.1) is 11.3 Å². The molecule has 0 bridgehead atoms. The predicted octanol–water partition coefficient (Wildman–Crippen LogP) is 0.175. The van der Waals surface area contributed by atoms with Crippen molar-refractivity contribution in [3.05, 3.63) is 29.6 Å². The fourth-order valence-corrected chi connectivity index (χ4v) is 1.30. The van der Waals surface area contributed by atoms with E-state index in [0.717, 1.165) is 0 Å². The molecular formula is C11H12N2O4. The number of carbonyl (C=O) groups is 1. The molecule has 6 heteroatoms. The van der Waals surface area contributed by atoms with Crippen LogP contribution in [0.4, 0.5) is 0 Å². The number of pyridine rings is 1. The largest absolute Gasteiger partial charge is 0.468 e. The lowest BCUT2D eigenvalue weighted by molar-refractivity contribution is -0.158. The molecule has 0 amide bonds. The van der Waals surface area contributed by atoms with E-state index < -0.39 is 18.2 Å². The van der Waals surface area contributed by atoms with Crippen molar-refractivity contribution in [2.45, 2.75) is 12.2 Å². The van der Waals surface area contributed by atoms with Gasteiger partial charge in [-0.1, -0.05) is 0 Å². The Hall–Kier alpha value is -1.97. The summed E-state index contributed by atoms with van der Waals surface area (Å²) in [6, 6.07) is 4.88. The summed E-state index contributed by atoms with van der Waals surface area (Å²) in [5.74, 6) is -1.69. The molecule has 0 saturated heterocycles. The molecule has 1 rings (SSSR count). The number of hydrogen-bond donors (Lipinski definition) is 1. The summed E-state index contributed by atoms with van der Waals surface area (Å²) in [6.07, 6.45) is -0.0314. The Balaban J connectivity index is 3.05. The molecule has 0 aliphatic heterocycles. The van der Waals surface area contributed by atoms with E-state index in [1.54, 1.807) is 0 Å². The van der Waals surface area contributed by atoms with E-state index in [9.17, 15) is 9.90 Å². The van der Waals surface area contributed by atoms with Crippen LogP contribution in [0.3, 0.4) is 0 Å².